The Morgan fingerprint density at radius 1 is 1.00 bits per heavy atom. The van der Waals surface area contributed by atoms with Gasteiger partial charge in [0.05, 0.1) is 13.5 Å². The third kappa shape index (κ3) is 4.73. The molecule has 1 aliphatic heterocycles. The van der Waals surface area contributed by atoms with Crippen molar-refractivity contribution >= 4 is 17.7 Å². The predicted octanol–water partition coefficient (Wildman–Crippen LogP) is 2.57. The molecule has 0 aromatic heterocycles. The van der Waals surface area contributed by atoms with Crippen molar-refractivity contribution < 1.29 is 19.1 Å². The van der Waals surface area contributed by atoms with Crippen LogP contribution in [0.2, 0.25) is 0 Å². The third-order valence-corrected chi connectivity index (χ3v) is 4.86. The molecule has 2 aromatic rings. The highest BCUT2D eigenvalue weighted by Crippen LogP contribution is 2.30. The standard InChI is InChI=1S/C21H25N3O4/c1-27-18-10-6-5-9-17(18)19(28-21(22)26)15-20(25)24-13-11-23(12-14-24)16-7-3-2-4-8-16/h2-10,19H,11-15H2,1H3,(H2,22,26). The second-order valence-corrected chi connectivity index (χ2v) is 6.57. The second kappa shape index (κ2) is 9.12. The lowest BCUT2D eigenvalue weighted by Gasteiger charge is -2.36. The number of nitrogens with zero attached hydrogens (tertiary/aromatic N) is 2. The molecule has 0 bridgehead atoms. The Labute approximate surface area is 164 Å². The van der Waals surface area contributed by atoms with Crippen LogP contribution in [-0.4, -0.2) is 50.2 Å². The van der Waals surface area contributed by atoms with Gasteiger partial charge in [-0.25, -0.2) is 4.79 Å². The Morgan fingerprint density at radius 2 is 1.64 bits per heavy atom. The molecule has 2 aromatic carbocycles. The number of primary amides is 1. The van der Waals surface area contributed by atoms with E-state index in [9.17, 15) is 9.59 Å². The van der Waals surface area contributed by atoms with Gasteiger partial charge in [0.25, 0.3) is 0 Å². The van der Waals surface area contributed by atoms with Crippen LogP contribution >= 0.6 is 0 Å². The highest BCUT2D eigenvalue weighted by atomic mass is 16.6. The summed E-state index contributed by atoms with van der Waals surface area (Å²) in [6.07, 6.45) is -1.68. The molecule has 0 radical (unpaired) electrons. The van der Waals surface area contributed by atoms with Crippen molar-refractivity contribution in [1.29, 1.82) is 0 Å². The van der Waals surface area contributed by atoms with E-state index in [1.165, 1.54) is 7.11 Å². The highest BCUT2D eigenvalue weighted by molar-refractivity contribution is 5.78. The maximum Gasteiger partial charge on any atom is 0.405 e. The molecule has 1 saturated heterocycles. The first-order valence-electron chi connectivity index (χ1n) is 9.25. The van der Waals surface area contributed by atoms with Gasteiger partial charge in [-0.1, -0.05) is 36.4 Å². The number of para-hydroxylation sites is 2. The number of piperazine rings is 1. The largest absolute Gasteiger partial charge is 0.496 e. The van der Waals surface area contributed by atoms with E-state index in [1.54, 1.807) is 23.1 Å². The van der Waals surface area contributed by atoms with Gasteiger partial charge >= 0.3 is 6.09 Å². The van der Waals surface area contributed by atoms with Crippen molar-refractivity contribution in [3.05, 3.63) is 60.2 Å². The number of carbonyl (C=O) groups is 2. The quantitative estimate of drug-likeness (QED) is 0.829. The number of nitrogens with two attached hydrogens (primary N) is 1. The van der Waals surface area contributed by atoms with Crippen molar-refractivity contribution in [2.24, 2.45) is 5.73 Å². The fourth-order valence-electron chi connectivity index (χ4n) is 3.43. The molecule has 2 N–H and O–H groups in total. The second-order valence-electron chi connectivity index (χ2n) is 6.57. The van der Waals surface area contributed by atoms with E-state index in [4.69, 9.17) is 15.2 Å². The fourth-order valence-corrected chi connectivity index (χ4v) is 3.43. The van der Waals surface area contributed by atoms with Crippen molar-refractivity contribution in [1.82, 2.24) is 4.90 Å². The normalized spacial score (nSPS) is 15.0. The van der Waals surface area contributed by atoms with Crippen molar-refractivity contribution in [3.8, 4) is 5.75 Å². The van der Waals surface area contributed by atoms with Crippen molar-refractivity contribution in [2.75, 3.05) is 38.2 Å². The summed E-state index contributed by atoms with van der Waals surface area (Å²) >= 11 is 0. The van der Waals surface area contributed by atoms with Gasteiger partial charge in [0.15, 0.2) is 0 Å². The molecule has 28 heavy (non-hydrogen) atoms. The van der Waals surface area contributed by atoms with E-state index in [0.29, 0.717) is 24.4 Å². The number of anilines is 1. The first kappa shape index (κ1) is 19.5. The minimum Gasteiger partial charge on any atom is -0.496 e. The van der Waals surface area contributed by atoms with Crippen LogP contribution in [0.25, 0.3) is 0 Å². The van der Waals surface area contributed by atoms with Gasteiger partial charge in [0, 0.05) is 37.4 Å². The first-order chi connectivity index (χ1) is 13.6. The summed E-state index contributed by atoms with van der Waals surface area (Å²) in [7, 11) is 1.53. The van der Waals surface area contributed by atoms with Crippen LogP contribution in [0.3, 0.4) is 0 Å². The summed E-state index contributed by atoms with van der Waals surface area (Å²) in [6.45, 7) is 2.74. The molecule has 0 saturated carbocycles. The summed E-state index contributed by atoms with van der Waals surface area (Å²) in [4.78, 5) is 28.3. The van der Waals surface area contributed by atoms with Gasteiger partial charge in [-0.3, -0.25) is 4.79 Å². The molecule has 3 rings (SSSR count). The molecular formula is C21H25N3O4. The van der Waals surface area contributed by atoms with E-state index < -0.39 is 12.2 Å². The minimum absolute atomic E-state index is 0.0225. The summed E-state index contributed by atoms with van der Waals surface area (Å²) in [5, 5.41) is 0. The lowest BCUT2D eigenvalue weighted by molar-refractivity contribution is -0.133. The van der Waals surface area contributed by atoms with Crippen LogP contribution in [0.5, 0.6) is 5.75 Å². The summed E-state index contributed by atoms with van der Waals surface area (Å²) < 4.78 is 10.6. The Hall–Kier alpha value is -3.22. The number of benzene rings is 2. The Bertz CT molecular complexity index is 804. The van der Waals surface area contributed by atoms with E-state index in [0.717, 1.165) is 18.8 Å². The number of hydrogen-bond donors (Lipinski definition) is 1. The number of methoxy groups -OCH3 is 1. The topological polar surface area (TPSA) is 85.1 Å². The molecule has 2 amide bonds. The molecule has 1 fully saturated rings. The smallest absolute Gasteiger partial charge is 0.405 e. The molecule has 1 aliphatic rings. The molecule has 0 aliphatic carbocycles. The molecular weight excluding hydrogens is 358 g/mol. The van der Waals surface area contributed by atoms with Crippen LogP contribution < -0.4 is 15.4 Å². The molecule has 1 heterocycles. The van der Waals surface area contributed by atoms with Crippen LogP contribution in [0.15, 0.2) is 54.6 Å². The van der Waals surface area contributed by atoms with Gasteiger partial charge in [-0.2, -0.15) is 0 Å². The average molecular weight is 383 g/mol. The van der Waals surface area contributed by atoms with Crippen LogP contribution in [0.4, 0.5) is 10.5 Å². The Kier molecular flexibility index (Phi) is 6.37. The lowest BCUT2D eigenvalue weighted by Crippen LogP contribution is -2.49. The number of ether oxygens (including phenoxy) is 2. The molecule has 0 spiro atoms. The van der Waals surface area contributed by atoms with Gasteiger partial charge < -0.3 is 25.0 Å². The van der Waals surface area contributed by atoms with Crippen molar-refractivity contribution in [2.45, 2.75) is 12.5 Å². The van der Waals surface area contributed by atoms with E-state index in [2.05, 4.69) is 17.0 Å². The van der Waals surface area contributed by atoms with E-state index in [-0.39, 0.29) is 12.3 Å². The first-order valence-corrected chi connectivity index (χ1v) is 9.25. The maximum atomic E-state index is 12.8. The minimum atomic E-state index is -0.919. The monoisotopic (exact) mass is 383 g/mol. The Morgan fingerprint density at radius 3 is 2.29 bits per heavy atom. The SMILES string of the molecule is COc1ccccc1C(CC(=O)N1CCN(c2ccccc2)CC1)OC(N)=O. The number of hydrogen-bond acceptors (Lipinski definition) is 5. The summed E-state index contributed by atoms with van der Waals surface area (Å²) in [5.41, 5.74) is 7.00. The molecule has 1 atom stereocenters. The summed E-state index contributed by atoms with van der Waals surface area (Å²) in [5.74, 6) is 0.473. The molecule has 1 unspecified atom stereocenters. The van der Waals surface area contributed by atoms with Crippen LogP contribution in [-0.2, 0) is 9.53 Å². The maximum absolute atomic E-state index is 12.8. The van der Waals surface area contributed by atoms with Gasteiger partial charge in [0.2, 0.25) is 5.91 Å². The third-order valence-electron chi connectivity index (χ3n) is 4.86. The zero-order valence-electron chi connectivity index (χ0n) is 15.9. The van der Waals surface area contributed by atoms with Crippen molar-refractivity contribution in [3.63, 3.8) is 0 Å². The molecule has 7 heteroatoms. The highest BCUT2D eigenvalue weighted by Gasteiger charge is 2.27. The molecule has 148 valence electrons. The van der Waals surface area contributed by atoms with Crippen LogP contribution in [0.1, 0.15) is 18.1 Å². The zero-order chi connectivity index (χ0) is 19.9. The Balaban J connectivity index is 1.65. The zero-order valence-corrected chi connectivity index (χ0v) is 15.9. The number of carbonyl (C=O) groups excluding carboxylic acids is 2. The summed E-state index contributed by atoms with van der Waals surface area (Å²) in [6, 6.07) is 17.3. The fraction of sp³-hybridized carbons (Fsp3) is 0.333. The van der Waals surface area contributed by atoms with Gasteiger partial charge in [0.1, 0.15) is 11.9 Å². The lowest BCUT2D eigenvalue weighted by atomic mass is 10.0. The van der Waals surface area contributed by atoms with E-state index >= 15 is 0 Å². The predicted molar refractivity (Wildman–Crippen MR) is 106 cm³/mol. The van der Waals surface area contributed by atoms with Gasteiger partial charge in [-0.05, 0) is 18.2 Å². The van der Waals surface area contributed by atoms with Gasteiger partial charge in [-0.15, -0.1) is 0 Å². The average Bonchev–Trinajstić information content (AvgIpc) is 2.73. The van der Waals surface area contributed by atoms with Crippen LogP contribution in [0, 0.1) is 0 Å². The number of rotatable bonds is 6. The number of amides is 2. The molecule has 7 nitrogen and oxygen atoms in total. The van der Waals surface area contributed by atoms with E-state index in [1.807, 2.05) is 24.3 Å².